The molecule has 28 heavy (non-hydrogen) atoms. The van der Waals surface area contributed by atoms with Crippen LogP contribution in [0.1, 0.15) is 35.2 Å². The number of nitrogens with zero attached hydrogens (tertiary/aromatic N) is 2. The maximum Gasteiger partial charge on any atom is 0.258 e. The number of anilines is 1. The SMILES string of the molecule is O=C1CCC(N2Cc3c(c(F)c(F)c(F)c3N3CC4CC(C3)N4)C2=O)C(=O)N1. The van der Waals surface area contributed by atoms with Gasteiger partial charge in [0.25, 0.3) is 5.91 Å². The molecule has 0 saturated carbocycles. The summed E-state index contributed by atoms with van der Waals surface area (Å²) >= 11 is 0. The topological polar surface area (TPSA) is 81.8 Å². The number of hydrogen-bond donors (Lipinski definition) is 2. The van der Waals surface area contributed by atoms with Gasteiger partial charge in [-0.15, -0.1) is 0 Å². The number of rotatable bonds is 2. The molecule has 0 aromatic heterocycles. The van der Waals surface area contributed by atoms with E-state index in [-0.39, 0.29) is 42.7 Å². The number of benzene rings is 1. The minimum atomic E-state index is -1.68. The van der Waals surface area contributed by atoms with Crippen molar-refractivity contribution >= 4 is 23.4 Å². The second-order valence-electron chi connectivity index (χ2n) is 7.75. The van der Waals surface area contributed by atoms with Crippen LogP contribution in [-0.2, 0) is 16.1 Å². The summed E-state index contributed by atoms with van der Waals surface area (Å²) in [6.07, 6.45) is 1.06. The molecule has 1 aromatic carbocycles. The Morgan fingerprint density at radius 3 is 2.29 bits per heavy atom. The van der Waals surface area contributed by atoms with Crippen molar-refractivity contribution < 1.29 is 27.6 Å². The number of halogens is 3. The average Bonchev–Trinajstić information content (AvgIpc) is 2.96. The molecule has 4 saturated heterocycles. The lowest BCUT2D eigenvalue weighted by Crippen LogP contribution is -2.67. The average molecular weight is 394 g/mol. The predicted molar refractivity (Wildman–Crippen MR) is 89.9 cm³/mol. The lowest BCUT2D eigenvalue weighted by molar-refractivity contribution is -0.136. The lowest BCUT2D eigenvalue weighted by Gasteiger charge is -2.49. The number of amides is 3. The smallest absolute Gasteiger partial charge is 0.258 e. The van der Waals surface area contributed by atoms with E-state index in [1.165, 1.54) is 0 Å². The molecule has 5 aliphatic rings. The largest absolute Gasteiger partial charge is 0.366 e. The quantitative estimate of drug-likeness (QED) is 0.561. The van der Waals surface area contributed by atoms with Crippen LogP contribution < -0.4 is 15.5 Å². The van der Waals surface area contributed by atoms with E-state index in [4.69, 9.17) is 0 Å². The Balaban J connectivity index is 1.55. The number of nitrogens with one attached hydrogen (secondary N) is 2. The van der Waals surface area contributed by atoms with Gasteiger partial charge in [0.2, 0.25) is 11.8 Å². The van der Waals surface area contributed by atoms with Gasteiger partial charge in [-0.25, -0.2) is 13.2 Å². The first-order chi connectivity index (χ1) is 13.3. The van der Waals surface area contributed by atoms with Gasteiger partial charge in [0.05, 0.1) is 11.3 Å². The van der Waals surface area contributed by atoms with E-state index in [1.54, 1.807) is 4.90 Å². The number of hydrogen-bond acceptors (Lipinski definition) is 5. The zero-order valence-electron chi connectivity index (χ0n) is 14.7. The molecule has 3 unspecified atom stereocenters. The minimum Gasteiger partial charge on any atom is -0.366 e. The Morgan fingerprint density at radius 1 is 0.964 bits per heavy atom. The summed E-state index contributed by atoms with van der Waals surface area (Å²) in [6.45, 7) is 0.651. The van der Waals surface area contributed by atoms with Gasteiger partial charge in [-0.2, -0.15) is 0 Å². The molecule has 2 N–H and O–H groups in total. The summed E-state index contributed by atoms with van der Waals surface area (Å²) in [4.78, 5) is 39.1. The summed E-state index contributed by atoms with van der Waals surface area (Å²) in [5, 5.41) is 5.43. The summed E-state index contributed by atoms with van der Waals surface area (Å²) in [5.74, 6) is -6.49. The zero-order valence-corrected chi connectivity index (χ0v) is 14.7. The molecule has 0 spiro atoms. The van der Waals surface area contributed by atoms with Crippen LogP contribution in [0.5, 0.6) is 0 Å². The molecular formula is C18H17F3N4O3. The highest BCUT2D eigenvalue weighted by molar-refractivity contribution is 6.06. The molecule has 3 atom stereocenters. The molecule has 7 nitrogen and oxygen atoms in total. The molecule has 6 rings (SSSR count). The van der Waals surface area contributed by atoms with Crippen molar-refractivity contribution in [3.8, 4) is 0 Å². The van der Waals surface area contributed by atoms with Gasteiger partial charge < -0.3 is 15.1 Å². The fourth-order valence-corrected chi connectivity index (χ4v) is 4.71. The number of carbonyl (C=O) groups is 3. The lowest BCUT2D eigenvalue weighted by atomic mass is 9.90. The Morgan fingerprint density at radius 2 is 1.64 bits per heavy atom. The molecule has 0 radical (unpaired) electrons. The highest BCUT2D eigenvalue weighted by Gasteiger charge is 2.46. The third-order valence-corrected chi connectivity index (χ3v) is 6.03. The normalized spacial score (nSPS) is 29.0. The number of carbonyl (C=O) groups excluding carboxylic acids is 3. The zero-order chi connectivity index (χ0) is 19.7. The molecule has 5 aliphatic heterocycles. The van der Waals surface area contributed by atoms with Crippen molar-refractivity contribution in [2.45, 2.75) is 43.9 Å². The standard InChI is InChI=1S/C18H17F3N4O3/c19-13-12-9(6-25(18(12)28)10-1-2-11(26)23-17(10)27)16(15(21)14(13)20)24-4-7-3-8(5-24)22-7/h7-8,10,22H,1-6H2,(H,23,26,27). The molecule has 5 heterocycles. The summed E-state index contributed by atoms with van der Waals surface area (Å²) < 4.78 is 43.5. The van der Waals surface area contributed by atoms with Gasteiger partial charge in [0.1, 0.15) is 6.04 Å². The van der Waals surface area contributed by atoms with Gasteiger partial charge in [0, 0.05) is 43.7 Å². The van der Waals surface area contributed by atoms with E-state index in [1.807, 2.05) is 0 Å². The van der Waals surface area contributed by atoms with E-state index in [9.17, 15) is 27.6 Å². The van der Waals surface area contributed by atoms with E-state index in [0.29, 0.717) is 13.1 Å². The Kier molecular flexibility index (Phi) is 3.71. The second-order valence-corrected chi connectivity index (χ2v) is 7.75. The Bertz CT molecular complexity index is 921. The summed E-state index contributed by atoms with van der Waals surface area (Å²) in [5.41, 5.74) is -0.563. The fraction of sp³-hybridized carbons (Fsp3) is 0.500. The van der Waals surface area contributed by atoms with E-state index >= 15 is 0 Å². The Labute approximate surface area is 157 Å². The predicted octanol–water partition coefficient (Wildman–Crippen LogP) is 0.415. The van der Waals surface area contributed by atoms with E-state index < -0.39 is 46.8 Å². The first-order valence-corrected chi connectivity index (χ1v) is 9.20. The first kappa shape index (κ1) is 17.5. The number of piperazine rings is 1. The Hall–Kier alpha value is -2.62. The van der Waals surface area contributed by atoms with Crippen molar-refractivity contribution in [2.75, 3.05) is 18.0 Å². The molecule has 3 amide bonds. The van der Waals surface area contributed by atoms with Crippen LogP contribution in [-0.4, -0.2) is 53.8 Å². The van der Waals surface area contributed by atoms with Gasteiger partial charge in [0.15, 0.2) is 17.5 Å². The molecule has 4 fully saturated rings. The highest BCUT2D eigenvalue weighted by Crippen LogP contribution is 2.40. The number of imide groups is 1. The minimum absolute atomic E-state index is 0.0374. The monoisotopic (exact) mass is 394 g/mol. The van der Waals surface area contributed by atoms with Gasteiger partial charge in [-0.1, -0.05) is 0 Å². The highest BCUT2D eigenvalue weighted by atomic mass is 19.2. The van der Waals surface area contributed by atoms with Crippen LogP contribution in [0.25, 0.3) is 0 Å². The van der Waals surface area contributed by atoms with Crippen LogP contribution >= 0.6 is 0 Å². The number of piperidine rings is 2. The maximum atomic E-state index is 14.7. The summed E-state index contributed by atoms with van der Waals surface area (Å²) in [6, 6.07) is -0.692. The van der Waals surface area contributed by atoms with Crippen molar-refractivity contribution in [3.63, 3.8) is 0 Å². The third kappa shape index (κ3) is 2.36. The first-order valence-electron chi connectivity index (χ1n) is 9.20. The van der Waals surface area contributed by atoms with Crippen LogP contribution in [0.15, 0.2) is 0 Å². The molecule has 2 bridgehead atoms. The van der Waals surface area contributed by atoms with Gasteiger partial charge in [-0.05, 0) is 12.8 Å². The molecule has 10 heteroatoms. The van der Waals surface area contributed by atoms with Crippen LogP contribution in [0.4, 0.5) is 18.9 Å². The number of fused-ring (bicyclic) bond motifs is 3. The van der Waals surface area contributed by atoms with E-state index in [0.717, 1.165) is 11.3 Å². The molecular weight excluding hydrogens is 377 g/mol. The third-order valence-electron chi connectivity index (χ3n) is 6.03. The van der Waals surface area contributed by atoms with Gasteiger partial charge in [-0.3, -0.25) is 19.7 Å². The van der Waals surface area contributed by atoms with Crippen LogP contribution in [0, 0.1) is 17.5 Å². The van der Waals surface area contributed by atoms with Crippen molar-refractivity contribution in [2.24, 2.45) is 0 Å². The molecule has 1 aromatic rings. The maximum absolute atomic E-state index is 14.7. The van der Waals surface area contributed by atoms with Crippen LogP contribution in [0.2, 0.25) is 0 Å². The van der Waals surface area contributed by atoms with Crippen molar-refractivity contribution in [3.05, 3.63) is 28.6 Å². The van der Waals surface area contributed by atoms with Gasteiger partial charge >= 0.3 is 0 Å². The van der Waals surface area contributed by atoms with Crippen molar-refractivity contribution in [1.29, 1.82) is 0 Å². The van der Waals surface area contributed by atoms with E-state index in [2.05, 4.69) is 10.6 Å². The molecule has 0 aliphatic carbocycles. The second kappa shape index (κ2) is 5.94. The fourth-order valence-electron chi connectivity index (χ4n) is 4.71. The molecule has 148 valence electrons. The summed E-state index contributed by atoms with van der Waals surface area (Å²) in [7, 11) is 0. The van der Waals surface area contributed by atoms with Crippen molar-refractivity contribution in [1.82, 2.24) is 15.5 Å². The van der Waals surface area contributed by atoms with Crippen LogP contribution in [0.3, 0.4) is 0 Å².